The molecule has 0 aliphatic heterocycles. The van der Waals surface area contributed by atoms with E-state index in [0.717, 1.165) is 0 Å². The summed E-state index contributed by atoms with van der Waals surface area (Å²) in [6.07, 6.45) is 1.19. The van der Waals surface area contributed by atoms with E-state index in [-0.39, 0.29) is 16.2 Å². The summed E-state index contributed by atoms with van der Waals surface area (Å²) in [5.74, 6) is -1.73. The molecule has 0 unspecified atom stereocenters. The first kappa shape index (κ1) is 17.8. The van der Waals surface area contributed by atoms with Gasteiger partial charge in [-0.25, -0.2) is 4.79 Å². The van der Waals surface area contributed by atoms with E-state index in [9.17, 15) is 9.59 Å². The second-order valence-electron chi connectivity index (χ2n) is 4.89. The van der Waals surface area contributed by atoms with Gasteiger partial charge in [-0.05, 0) is 36.4 Å². The SMILES string of the molecule is N#C/C(=C/Nc1cccc(C(=O)O)c1)C(=O)Nc1ccc(N)c(Cl)c1. The number of nitrogen functional groups attached to an aromatic ring is 1. The van der Waals surface area contributed by atoms with Gasteiger partial charge in [-0.1, -0.05) is 17.7 Å². The van der Waals surface area contributed by atoms with E-state index >= 15 is 0 Å². The highest BCUT2D eigenvalue weighted by molar-refractivity contribution is 6.33. The fraction of sp³-hybridized carbons (Fsp3) is 0. The standard InChI is InChI=1S/C17H13ClN4O3/c18-14-7-13(4-5-15(14)20)22-16(23)11(8-19)9-21-12-3-1-2-10(6-12)17(24)25/h1-7,9,21H,20H2,(H,22,23)(H,24,25)/b11-9-. The highest BCUT2D eigenvalue weighted by atomic mass is 35.5. The third-order valence-electron chi connectivity index (χ3n) is 3.12. The van der Waals surface area contributed by atoms with Crippen LogP contribution in [0, 0.1) is 11.3 Å². The molecule has 0 radical (unpaired) electrons. The number of carboxylic acids is 1. The summed E-state index contributed by atoms with van der Waals surface area (Å²) in [6.45, 7) is 0. The van der Waals surface area contributed by atoms with Crippen molar-refractivity contribution in [1.82, 2.24) is 0 Å². The largest absolute Gasteiger partial charge is 0.478 e. The maximum absolute atomic E-state index is 12.1. The minimum Gasteiger partial charge on any atom is -0.478 e. The molecule has 0 heterocycles. The Kier molecular flexibility index (Phi) is 5.61. The zero-order valence-corrected chi connectivity index (χ0v) is 13.5. The van der Waals surface area contributed by atoms with Crippen molar-refractivity contribution in [3.05, 3.63) is 64.8 Å². The van der Waals surface area contributed by atoms with Gasteiger partial charge in [0, 0.05) is 17.6 Å². The monoisotopic (exact) mass is 356 g/mol. The third-order valence-corrected chi connectivity index (χ3v) is 3.44. The van der Waals surface area contributed by atoms with E-state index in [1.54, 1.807) is 24.3 Å². The molecule has 25 heavy (non-hydrogen) atoms. The topological polar surface area (TPSA) is 128 Å². The molecule has 7 nitrogen and oxygen atoms in total. The number of aromatic carboxylic acids is 1. The Bertz CT molecular complexity index is 903. The number of amides is 1. The smallest absolute Gasteiger partial charge is 0.335 e. The quantitative estimate of drug-likeness (QED) is 0.370. The van der Waals surface area contributed by atoms with Crippen LogP contribution in [0.2, 0.25) is 5.02 Å². The molecule has 126 valence electrons. The highest BCUT2D eigenvalue weighted by Crippen LogP contribution is 2.22. The molecule has 0 bridgehead atoms. The third kappa shape index (κ3) is 4.73. The predicted molar refractivity (Wildman–Crippen MR) is 95.2 cm³/mol. The Hall–Kier alpha value is -3.50. The average molecular weight is 357 g/mol. The van der Waals surface area contributed by atoms with Crippen LogP contribution in [-0.2, 0) is 4.79 Å². The number of anilines is 3. The average Bonchev–Trinajstić information content (AvgIpc) is 2.59. The van der Waals surface area contributed by atoms with Gasteiger partial charge in [0.25, 0.3) is 5.91 Å². The van der Waals surface area contributed by atoms with Gasteiger partial charge in [-0.3, -0.25) is 4.79 Å². The number of hydrogen-bond acceptors (Lipinski definition) is 5. The minimum atomic E-state index is -1.08. The van der Waals surface area contributed by atoms with E-state index in [1.807, 2.05) is 0 Å². The summed E-state index contributed by atoms with van der Waals surface area (Å²) in [5.41, 5.74) is 6.66. The first-order chi connectivity index (χ1) is 11.9. The van der Waals surface area contributed by atoms with Gasteiger partial charge in [0.2, 0.25) is 0 Å². The molecular formula is C17H13ClN4O3. The number of halogens is 1. The Labute approximate surface area is 148 Å². The minimum absolute atomic E-state index is 0.0814. The number of nitrogens with zero attached hydrogens (tertiary/aromatic N) is 1. The number of hydrogen-bond donors (Lipinski definition) is 4. The Morgan fingerprint density at radius 1 is 1.20 bits per heavy atom. The molecule has 2 aromatic rings. The number of carboxylic acid groups (broad SMARTS) is 1. The Morgan fingerprint density at radius 2 is 1.96 bits per heavy atom. The summed E-state index contributed by atoms with van der Waals surface area (Å²) >= 11 is 5.88. The van der Waals surface area contributed by atoms with E-state index in [1.165, 1.54) is 30.5 Å². The van der Waals surface area contributed by atoms with Crippen molar-refractivity contribution in [2.75, 3.05) is 16.4 Å². The molecule has 8 heteroatoms. The Morgan fingerprint density at radius 3 is 2.60 bits per heavy atom. The molecule has 0 atom stereocenters. The lowest BCUT2D eigenvalue weighted by Crippen LogP contribution is -2.14. The number of rotatable bonds is 5. The van der Waals surface area contributed by atoms with E-state index in [0.29, 0.717) is 17.1 Å². The second kappa shape index (κ2) is 7.86. The second-order valence-corrected chi connectivity index (χ2v) is 5.30. The lowest BCUT2D eigenvalue weighted by Gasteiger charge is -2.07. The fourth-order valence-electron chi connectivity index (χ4n) is 1.85. The van der Waals surface area contributed by atoms with Gasteiger partial charge < -0.3 is 21.5 Å². The van der Waals surface area contributed by atoms with Gasteiger partial charge in [-0.2, -0.15) is 5.26 Å². The van der Waals surface area contributed by atoms with Crippen LogP contribution >= 0.6 is 11.6 Å². The first-order valence-corrected chi connectivity index (χ1v) is 7.35. The fourth-order valence-corrected chi connectivity index (χ4v) is 2.03. The molecule has 0 aromatic heterocycles. The van der Waals surface area contributed by atoms with Crippen molar-refractivity contribution in [2.24, 2.45) is 0 Å². The molecule has 2 aromatic carbocycles. The van der Waals surface area contributed by atoms with Crippen LogP contribution in [-0.4, -0.2) is 17.0 Å². The maximum Gasteiger partial charge on any atom is 0.335 e. The van der Waals surface area contributed by atoms with Gasteiger partial charge in [0.05, 0.1) is 16.3 Å². The lowest BCUT2D eigenvalue weighted by molar-refractivity contribution is -0.112. The van der Waals surface area contributed by atoms with Gasteiger partial charge >= 0.3 is 5.97 Å². The van der Waals surface area contributed by atoms with E-state index in [2.05, 4.69) is 10.6 Å². The highest BCUT2D eigenvalue weighted by Gasteiger charge is 2.10. The lowest BCUT2D eigenvalue weighted by atomic mass is 10.2. The normalized spacial score (nSPS) is 10.6. The molecule has 2 rings (SSSR count). The molecule has 1 amide bonds. The van der Waals surface area contributed by atoms with Crippen LogP contribution in [0.1, 0.15) is 10.4 Å². The summed E-state index contributed by atoms with van der Waals surface area (Å²) < 4.78 is 0. The van der Waals surface area contributed by atoms with Crippen molar-refractivity contribution in [1.29, 1.82) is 5.26 Å². The molecule has 0 spiro atoms. The van der Waals surface area contributed by atoms with Crippen molar-refractivity contribution in [3.63, 3.8) is 0 Å². The van der Waals surface area contributed by atoms with Gasteiger partial charge in [0.1, 0.15) is 11.6 Å². The summed E-state index contributed by atoms with van der Waals surface area (Å²) in [5, 5.41) is 23.6. The van der Waals surface area contributed by atoms with Crippen LogP contribution in [0.4, 0.5) is 17.1 Å². The number of nitriles is 1. The molecule has 0 fully saturated rings. The summed E-state index contributed by atoms with van der Waals surface area (Å²) in [7, 11) is 0. The number of nitrogens with one attached hydrogen (secondary N) is 2. The molecular weight excluding hydrogens is 344 g/mol. The molecule has 0 aliphatic carbocycles. The van der Waals surface area contributed by atoms with Gasteiger partial charge in [-0.15, -0.1) is 0 Å². The van der Waals surface area contributed by atoms with Gasteiger partial charge in [0.15, 0.2) is 0 Å². The van der Waals surface area contributed by atoms with Crippen molar-refractivity contribution >= 4 is 40.5 Å². The van der Waals surface area contributed by atoms with Crippen molar-refractivity contribution < 1.29 is 14.7 Å². The number of benzene rings is 2. The van der Waals surface area contributed by atoms with Crippen molar-refractivity contribution in [3.8, 4) is 6.07 Å². The van der Waals surface area contributed by atoms with E-state index < -0.39 is 11.9 Å². The van der Waals surface area contributed by atoms with Crippen molar-refractivity contribution in [2.45, 2.75) is 0 Å². The maximum atomic E-state index is 12.1. The van der Waals surface area contributed by atoms with Crippen LogP contribution in [0.5, 0.6) is 0 Å². The molecule has 0 saturated carbocycles. The zero-order chi connectivity index (χ0) is 18.4. The van der Waals surface area contributed by atoms with Crippen LogP contribution in [0.3, 0.4) is 0 Å². The first-order valence-electron chi connectivity index (χ1n) is 6.97. The van der Waals surface area contributed by atoms with E-state index in [4.69, 9.17) is 27.7 Å². The van der Waals surface area contributed by atoms with Crippen LogP contribution in [0.15, 0.2) is 54.2 Å². The van der Waals surface area contributed by atoms with Crippen LogP contribution < -0.4 is 16.4 Å². The number of carbonyl (C=O) groups is 2. The predicted octanol–water partition coefficient (Wildman–Crippen LogP) is 3.08. The van der Waals surface area contributed by atoms with Crippen LogP contribution in [0.25, 0.3) is 0 Å². The zero-order valence-electron chi connectivity index (χ0n) is 12.8. The summed E-state index contributed by atoms with van der Waals surface area (Å²) in [4.78, 5) is 23.1. The molecule has 0 aliphatic rings. The number of nitrogens with two attached hydrogens (primary N) is 1. The number of carbonyl (C=O) groups excluding carboxylic acids is 1. The molecule has 0 saturated heterocycles. The summed E-state index contributed by atoms with van der Waals surface area (Å²) in [6, 6.07) is 12.3. The Balaban J connectivity index is 2.12. The molecule has 5 N–H and O–H groups in total.